The van der Waals surface area contributed by atoms with Gasteiger partial charge in [-0.1, -0.05) is 54.6 Å². The molecule has 11 heteroatoms. The van der Waals surface area contributed by atoms with Gasteiger partial charge in [-0.05, 0) is 98.6 Å². The van der Waals surface area contributed by atoms with Crippen molar-refractivity contribution >= 4 is 26.4 Å². The van der Waals surface area contributed by atoms with Gasteiger partial charge in [-0.3, -0.25) is 4.79 Å². The monoisotopic (exact) mass is 638 g/mol. The lowest BCUT2D eigenvalue weighted by molar-refractivity contribution is -0.206. The van der Waals surface area contributed by atoms with Gasteiger partial charge in [-0.25, -0.2) is 3.63 Å². The molecule has 43 heavy (non-hydrogen) atoms. The Morgan fingerprint density at radius 2 is 1.14 bits per heavy atom. The van der Waals surface area contributed by atoms with Crippen molar-refractivity contribution in [3.8, 4) is 0 Å². The summed E-state index contributed by atoms with van der Waals surface area (Å²) in [5.74, 6) is -8.87. The number of ether oxygens (including phenoxy) is 1. The van der Waals surface area contributed by atoms with Gasteiger partial charge in [0.2, 0.25) is 0 Å². The van der Waals surface area contributed by atoms with Gasteiger partial charge >= 0.3 is 27.3 Å². The largest absolute Gasteiger partial charge is 0.462 e. The number of rotatable bonds is 9. The van der Waals surface area contributed by atoms with Crippen molar-refractivity contribution < 1.29 is 39.1 Å². The summed E-state index contributed by atoms with van der Waals surface area (Å²) in [5, 5.41) is -5.55. The van der Waals surface area contributed by atoms with E-state index >= 15 is 17.6 Å². The Hall–Kier alpha value is -2.89. The third kappa shape index (κ3) is 5.48. The molecule has 2 bridgehead atoms. The predicted octanol–water partition coefficient (Wildman–Crippen LogP) is 8.46. The molecule has 0 amide bonds. The molecule has 0 saturated heterocycles. The lowest BCUT2D eigenvalue weighted by atomic mass is 9.82. The lowest BCUT2D eigenvalue weighted by Crippen LogP contribution is -2.54. The minimum Gasteiger partial charge on any atom is -0.462 e. The van der Waals surface area contributed by atoms with Gasteiger partial charge in [-0.15, -0.1) is 0 Å². The number of hydrogen-bond acceptors (Lipinski definition) is 5. The summed E-state index contributed by atoms with van der Waals surface area (Å²) < 4.78 is 102. The highest BCUT2D eigenvalue weighted by Gasteiger charge is 2.74. The van der Waals surface area contributed by atoms with Crippen molar-refractivity contribution in [2.24, 2.45) is 23.2 Å². The van der Waals surface area contributed by atoms with Crippen LogP contribution < -0.4 is 0 Å². The topological polar surface area (TPSA) is 69.7 Å². The predicted molar refractivity (Wildman–Crippen MR) is 155 cm³/mol. The van der Waals surface area contributed by atoms with E-state index in [1.54, 1.807) is 75.4 Å². The van der Waals surface area contributed by atoms with Crippen LogP contribution in [-0.2, 0) is 23.3 Å². The molecule has 3 aromatic carbocycles. The van der Waals surface area contributed by atoms with Gasteiger partial charge in [0.15, 0.2) is 0 Å². The van der Waals surface area contributed by atoms with Gasteiger partial charge in [0.25, 0.3) is 0 Å². The molecular weight excluding hydrogens is 604 g/mol. The Morgan fingerprint density at radius 1 is 0.698 bits per heavy atom. The second kappa shape index (κ2) is 11.2. The molecule has 3 aromatic rings. The fraction of sp³-hybridized carbons (Fsp3) is 0.406. The van der Waals surface area contributed by atoms with Crippen LogP contribution in [-0.4, -0.2) is 31.7 Å². The summed E-state index contributed by atoms with van der Waals surface area (Å²) in [6, 6.07) is 23.8. The Morgan fingerprint density at radius 3 is 1.51 bits per heavy atom. The molecule has 4 atom stereocenters. The average molecular weight is 639 g/mol. The summed E-state index contributed by atoms with van der Waals surface area (Å²) >= 11 is 0. The molecule has 0 heterocycles. The molecule has 4 unspecified atom stereocenters. The lowest BCUT2D eigenvalue weighted by Gasteiger charge is -2.42. The van der Waals surface area contributed by atoms with Crippen molar-refractivity contribution in [1.29, 1.82) is 0 Å². The second-order valence-electron chi connectivity index (χ2n) is 12.2. The SMILES string of the molecule is CC(C)(C)C(=O)OC1CC2CC1CC2C(F)(F)C(F)(F)S(=O)(=O)OS(c1ccccc1)(c1ccccc1)c1ccccc1. The molecule has 0 aliphatic heterocycles. The summed E-state index contributed by atoms with van der Waals surface area (Å²) in [4.78, 5) is 13.1. The number of benzene rings is 3. The number of halogens is 4. The summed E-state index contributed by atoms with van der Waals surface area (Å²) in [6.45, 7) is 4.98. The van der Waals surface area contributed by atoms with E-state index in [4.69, 9.17) is 8.37 Å². The zero-order chi connectivity index (χ0) is 31.3. The maximum absolute atomic E-state index is 16.0. The zero-order valence-corrected chi connectivity index (χ0v) is 25.6. The fourth-order valence-electron chi connectivity index (χ4n) is 6.05. The number of hydrogen-bond donors (Lipinski definition) is 0. The Kier molecular flexibility index (Phi) is 8.24. The van der Waals surface area contributed by atoms with E-state index in [-0.39, 0.29) is 33.9 Å². The first-order chi connectivity index (χ1) is 20.1. The van der Waals surface area contributed by atoms with Crippen LogP contribution in [0, 0.1) is 23.2 Å². The Balaban J connectivity index is 1.51. The van der Waals surface area contributed by atoms with Crippen molar-refractivity contribution in [2.75, 3.05) is 0 Å². The van der Waals surface area contributed by atoms with Crippen LogP contribution in [0.15, 0.2) is 106 Å². The number of alkyl halides is 4. The molecule has 2 saturated carbocycles. The molecule has 0 radical (unpaired) electrons. The standard InChI is InChI=1S/C32H34F4O5S2/c1-30(2,3)29(37)40-28-21-22-19-23(28)20-27(22)31(33,34)32(35,36)43(38,39)41-42(24-13-7-4-8-14-24,25-15-9-5-10-16-25)26-17-11-6-12-18-26/h4-18,22-23,27-28H,19-21H2,1-3H3. The fourth-order valence-corrected chi connectivity index (χ4v) is 11.3. The van der Waals surface area contributed by atoms with E-state index in [9.17, 15) is 13.2 Å². The first kappa shape index (κ1) is 31.5. The maximum atomic E-state index is 16.0. The highest BCUT2D eigenvalue weighted by Crippen LogP contribution is 2.71. The van der Waals surface area contributed by atoms with Crippen LogP contribution >= 0.6 is 10.3 Å². The summed E-state index contributed by atoms with van der Waals surface area (Å²) in [6.07, 6.45) is -0.945. The number of esters is 1. The molecular formula is C32H34F4O5S2. The van der Waals surface area contributed by atoms with E-state index in [2.05, 4.69) is 0 Å². The van der Waals surface area contributed by atoms with Gasteiger partial charge < -0.3 is 4.74 Å². The quantitative estimate of drug-likeness (QED) is 0.174. The third-order valence-corrected chi connectivity index (χ3v) is 13.5. The molecule has 2 fully saturated rings. The number of carbonyl (C=O) groups is 1. The molecule has 5 rings (SSSR count). The normalized spacial score (nSPS) is 23.2. The van der Waals surface area contributed by atoms with E-state index in [0.717, 1.165) is 0 Å². The highest BCUT2D eigenvalue weighted by molar-refractivity contribution is 8.33. The molecule has 2 aliphatic rings. The first-order valence-electron chi connectivity index (χ1n) is 14.0. The molecule has 0 aromatic heterocycles. The maximum Gasteiger partial charge on any atom is 0.432 e. The van der Waals surface area contributed by atoms with Crippen molar-refractivity contribution in [2.45, 2.75) is 72.0 Å². The van der Waals surface area contributed by atoms with Gasteiger partial charge in [-0.2, -0.15) is 26.0 Å². The second-order valence-corrected chi connectivity index (χ2v) is 16.7. The van der Waals surface area contributed by atoms with Crippen molar-refractivity contribution in [3.63, 3.8) is 0 Å². The van der Waals surface area contributed by atoms with Crippen LogP contribution in [0.2, 0.25) is 0 Å². The van der Waals surface area contributed by atoms with E-state index in [1.165, 1.54) is 36.4 Å². The third-order valence-electron chi connectivity index (χ3n) is 8.25. The van der Waals surface area contributed by atoms with Gasteiger partial charge in [0.05, 0.1) is 5.41 Å². The zero-order valence-electron chi connectivity index (χ0n) is 24.0. The minimum absolute atomic E-state index is 0.0308. The smallest absolute Gasteiger partial charge is 0.432 e. The number of fused-ring (bicyclic) bond motifs is 2. The Labute approximate surface area is 251 Å². The van der Waals surface area contributed by atoms with Crippen molar-refractivity contribution in [3.05, 3.63) is 91.0 Å². The van der Waals surface area contributed by atoms with E-state index in [0.29, 0.717) is 0 Å². The first-order valence-corrected chi connectivity index (χ1v) is 17.0. The summed E-state index contributed by atoms with van der Waals surface area (Å²) in [5.41, 5.74) is -0.811. The summed E-state index contributed by atoms with van der Waals surface area (Å²) in [7, 11) is -9.72. The Bertz CT molecular complexity index is 1450. The van der Waals surface area contributed by atoms with E-state index in [1.807, 2.05) is 0 Å². The van der Waals surface area contributed by atoms with Crippen LogP contribution in [0.5, 0.6) is 0 Å². The molecule has 2 aliphatic carbocycles. The van der Waals surface area contributed by atoms with Crippen LogP contribution in [0.1, 0.15) is 40.0 Å². The minimum atomic E-state index is -6.26. The van der Waals surface area contributed by atoms with Gasteiger partial charge in [0, 0.05) is 20.6 Å². The molecule has 5 nitrogen and oxygen atoms in total. The molecule has 0 N–H and O–H groups in total. The highest BCUT2D eigenvalue weighted by atomic mass is 32.3. The van der Waals surface area contributed by atoms with Crippen molar-refractivity contribution in [1.82, 2.24) is 0 Å². The average Bonchev–Trinajstić information content (AvgIpc) is 3.58. The number of carbonyl (C=O) groups excluding carboxylic acids is 1. The van der Waals surface area contributed by atoms with Crippen LogP contribution in [0.25, 0.3) is 0 Å². The van der Waals surface area contributed by atoms with E-state index < -0.39 is 66.8 Å². The molecule has 232 valence electrons. The van der Waals surface area contributed by atoms with Crippen LogP contribution in [0.3, 0.4) is 0 Å². The molecule has 0 spiro atoms. The van der Waals surface area contributed by atoms with Crippen LogP contribution in [0.4, 0.5) is 17.6 Å². The van der Waals surface area contributed by atoms with Gasteiger partial charge in [0.1, 0.15) is 6.10 Å².